The minimum absolute atomic E-state index is 0.0645. The second-order valence-corrected chi connectivity index (χ2v) is 9.47. The van der Waals surface area contributed by atoms with E-state index in [2.05, 4.69) is 10.6 Å². The van der Waals surface area contributed by atoms with Crippen molar-refractivity contribution in [3.8, 4) is 0 Å². The average molecular weight is 619 g/mol. The van der Waals surface area contributed by atoms with Gasteiger partial charge in [-0.1, -0.05) is 60.7 Å². The van der Waals surface area contributed by atoms with Crippen molar-refractivity contribution in [1.29, 1.82) is 0 Å². The van der Waals surface area contributed by atoms with Gasteiger partial charge in [0.15, 0.2) is 24.4 Å². The third kappa shape index (κ3) is 12.0. The summed E-state index contributed by atoms with van der Waals surface area (Å²) in [5, 5.41) is 24.9. The number of hydrogen-bond donors (Lipinski definition) is 4. The van der Waals surface area contributed by atoms with Crippen LogP contribution in [0.15, 0.2) is 60.7 Å². The Balaban J connectivity index is 1.62. The molecule has 4 atom stereocenters. The average Bonchev–Trinajstić information content (AvgIpc) is 3.02. The molecule has 0 spiro atoms. The Labute approximate surface area is 254 Å². The molecule has 1 fully saturated rings. The SMILES string of the molecule is O=C(O)[C@@H]1OCCOCCO[C@@H](C(=O)O)[C@H](C(=O)NCc2ccccc2)OCCOCCO[C@H]1C(=O)NCc1ccccc1. The Morgan fingerprint density at radius 2 is 0.841 bits per heavy atom. The monoisotopic (exact) mass is 618 g/mol. The summed E-state index contributed by atoms with van der Waals surface area (Å²) in [6.07, 6.45) is -6.27. The summed E-state index contributed by atoms with van der Waals surface area (Å²) in [5.41, 5.74) is 1.62. The molecule has 1 aliphatic rings. The first-order chi connectivity index (χ1) is 21.4. The number of ether oxygens (including phenoxy) is 6. The molecule has 0 aromatic heterocycles. The molecular formula is C30H38N2O12. The highest BCUT2D eigenvalue weighted by atomic mass is 16.6. The molecular weight excluding hydrogens is 580 g/mol. The highest BCUT2D eigenvalue weighted by molar-refractivity contribution is 5.88. The van der Waals surface area contributed by atoms with Crippen LogP contribution >= 0.6 is 0 Å². The first kappa shape index (κ1) is 34.6. The second kappa shape index (κ2) is 19.4. The van der Waals surface area contributed by atoms with Crippen molar-refractivity contribution >= 4 is 23.8 Å². The molecule has 1 aliphatic heterocycles. The van der Waals surface area contributed by atoms with Crippen LogP contribution in [0.25, 0.3) is 0 Å². The van der Waals surface area contributed by atoms with Gasteiger partial charge in [0.1, 0.15) is 0 Å². The maximum Gasteiger partial charge on any atom is 0.336 e. The lowest BCUT2D eigenvalue weighted by Crippen LogP contribution is -2.49. The number of carbonyl (C=O) groups excluding carboxylic acids is 2. The van der Waals surface area contributed by atoms with Gasteiger partial charge in [-0.2, -0.15) is 0 Å². The summed E-state index contributed by atoms with van der Waals surface area (Å²) < 4.78 is 33.0. The van der Waals surface area contributed by atoms with E-state index in [4.69, 9.17) is 28.4 Å². The Bertz CT molecular complexity index is 1080. The molecule has 0 bridgehead atoms. The lowest BCUT2D eigenvalue weighted by Gasteiger charge is -2.25. The summed E-state index contributed by atoms with van der Waals surface area (Å²) in [6.45, 7) is -0.779. The van der Waals surface area contributed by atoms with Crippen LogP contribution < -0.4 is 10.6 Å². The number of rotatable bonds is 8. The Hall–Kier alpha value is -3.92. The van der Waals surface area contributed by atoms with Gasteiger partial charge in [-0.25, -0.2) is 9.59 Å². The zero-order chi connectivity index (χ0) is 31.6. The maximum atomic E-state index is 13.0. The Kier molecular flexibility index (Phi) is 15.2. The quantitative estimate of drug-likeness (QED) is 0.319. The number of aliphatic carboxylic acids is 2. The van der Waals surface area contributed by atoms with Crippen molar-refractivity contribution in [1.82, 2.24) is 10.6 Å². The van der Waals surface area contributed by atoms with Crippen LogP contribution in [-0.2, 0) is 60.7 Å². The normalized spacial score (nSPS) is 22.9. The number of carboxylic acid groups (broad SMARTS) is 2. The molecule has 1 heterocycles. The molecule has 0 radical (unpaired) electrons. The van der Waals surface area contributed by atoms with E-state index >= 15 is 0 Å². The molecule has 2 amide bonds. The van der Waals surface area contributed by atoms with Crippen molar-refractivity contribution in [2.45, 2.75) is 37.5 Å². The van der Waals surface area contributed by atoms with Crippen molar-refractivity contribution in [2.75, 3.05) is 52.9 Å². The predicted octanol–water partition coefficient (Wildman–Crippen LogP) is 0.376. The predicted molar refractivity (Wildman–Crippen MR) is 152 cm³/mol. The third-order valence-electron chi connectivity index (χ3n) is 6.27. The van der Waals surface area contributed by atoms with E-state index < -0.39 is 48.2 Å². The fourth-order valence-electron chi connectivity index (χ4n) is 4.09. The van der Waals surface area contributed by atoms with E-state index in [1.165, 1.54) is 0 Å². The number of carboxylic acids is 2. The van der Waals surface area contributed by atoms with Crippen LogP contribution in [0.5, 0.6) is 0 Å². The second-order valence-electron chi connectivity index (χ2n) is 9.47. The molecule has 14 nitrogen and oxygen atoms in total. The van der Waals surface area contributed by atoms with E-state index in [0.29, 0.717) is 0 Å². The largest absolute Gasteiger partial charge is 0.479 e. The fourth-order valence-corrected chi connectivity index (χ4v) is 4.09. The molecule has 0 unspecified atom stereocenters. The van der Waals surface area contributed by atoms with Gasteiger partial charge in [-0.05, 0) is 11.1 Å². The molecule has 14 heteroatoms. The van der Waals surface area contributed by atoms with Crippen LogP contribution in [0.4, 0.5) is 0 Å². The minimum atomic E-state index is -1.64. The zero-order valence-corrected chi connectivity index (χ0v) is 24.1. The van der Waals surface area contributed by atoms with Gasteiger partial charge in [-0.3, -0.25) is 9.59 Å². The summed E-state index contributed by atoms with van der Waals surface area (Å²) in [7, 11) is 0. The van der Waals surface area contributed by atoms with E-state index in [9.17, 15) is 29.4 Å². The van der Waals surface area contributed by atoms with Crippen LogP contribution in [0, 0.1) is 0 Å². The van der Waals surface area contributed by atoms with Crippen LogP contribution in [0.1, 0.15) is 11.1 Å². The Morgan fingerprint density at radius 1 is 0.523 bits per heavy atom. The van der Waals surface area contributed by atoms with Crippen molar-refractivity contribution < 1.29 is 57.8 Å². The van der Waals surface area contributed by atoms with Crippen LogP contribution in [0.2, 0.25) is 0 Å². The van der Waals surface area contributed by atoms with Gasteiger partial charge < -0.3 is 49.3 Å². The standard InChI is InChI=1S/C30H38N2O12/c33-27(31-19-21-7-3-1-4-8-21)23-25(29(35)36)43-17-13-40-14-18-44-26(30(37)38)24(42-16-12-39-11-15-41-23)28(34)32-20-22-9-5-2-6-10-22/h1-10,23-26H,11-20H2,(H,31,33)(H,32,34)(H,35,36)(H,37,38)/t23-,24-,25-,26-/m1/s1. The molecule has 0 aliphatic carbocycles. The van der Waals surface area contributed by atoms with E-state index in [1.54, 1.807) is 0 Å². The highest BCUT2D eigenvalue weighted by Gasteiger charge is 2.37. The van der Waals surface area contributed by atoms with Gasteiger partial charge >= 0.3 is 11.9 Å². The number of benzene rings is 2. The third-order valence-corrected chi connectivity index (χ3v) is 6.27. The zero-order valence-electron chi connectivity index (χ0n) is 24.1. The van der Waals surface area contributed by atoms with Crippen molar-refractivity contribution in [3.63, 3.8) is 0 Å². The molecule has 2 aromatic rings. The van der Waals surface area contributed by atoms with Crippen molar-refractivity contribution in [2.24, 2.45) is 0 Å². The summed E-state index contributed by atoms with van der Waals surface area (Å²) in [5.74, 6) is -4.18. The lowest BCUT2D eigenvalue weighted by molar-refractivity contribution is -0.175. The van der Waals surface area contributed by atoms with Gasteiger partial charge in [0.2, 0.25) is 0 Å². The summed E-state index contributed by atoms with van der Waals surface area (Å²) in [4.78, 5) is 49.9. The molecule has 4 N–H and O–H groups in total. The Morgan fingerprint density at radius 3 is 1.16 bits per heavy atom. The highest BCUT2D eigenvalue weighted by Crippen LogP contribution is 2.10. The first-order valence-electron chi connectivity index (χ1n) is 14.1. The van der Waals surface area contributed by atoms with Crippen LogP contribution in [-0.4, -0.2) is 111 Å². The first-order valence-corrected chi connectivity index (χ1v) is 14.1. The number of amides is 2. The van der Waals surface area contributed by atoms with E-state index in [-0.39, 0.29) is 65.9 Å². The smallest absolute Gasteiger partial charge is 0.336 e. The number of carbonyl (C=O) groups is 4. The molecule has 44 heavy (non-hydrogen) atoms. The van der Waals surface area contributed by atoms with E-state index in [1.807, 2.05) is 60.7 Å². The lowest BCUT2D eigenvalue weighted by atomic mass is 10.1. The van der Waals surface area contributed by atoms with Gasteiger partial charge in [0.05, 0.1) is 52.9 Å². The van der Waals surface area contributed by atoms with Crippen molar-refractivity contribution in [3.05, 3.63) is 71.8 Å². The minimum Gasteiger partial charge on any atom is -0.479 e. The molecule has 3 rings (SSSR count). The van der Waals surface area contributed by atoms with Gasteiger partial charge in [-0.15, -0.1) is 0 Å². The van der Waals surface area contributed by atoms with Gasteiger partial charge in [0.25, 0.3) is 11.8 Å². The van der Waals surface area contributed by atoms with E-state index in [0.717, 1.165) is 11.1 Å². The summed E-state index contributed by atoms with van der Waals surface area (Å²) >= 11 is 0. The molecule has 240 valence electrons. The van der Waals surface area contributed by atoms with Gasteiger partial charge in [0, 0.05) is 13.1 Å². The summed E-state index contributed by atoms with van der Waals surface area (Å²) in [6, 6.07) is 18.1. The molecule has 0 saturated carbocycles. The topological polar surface area (TPSA) is 188 Å². The number of nitrogens with one attached hydrogen (secondary N) is 2. The maximum absolute atomic E-state index is 13.0. The van der Waals surface area contributed by atoms with Crippen LogP contribution in [0.3, 0.4) is 0 Å². The molecule has 1 saturated heterocycles. The molecule has 2 aromatic carbocycles. The fraction of sp³-hybridized carbons (Fsp3) is 0.467. The number of hydrogen-bond acceptors (Lipinski definition) is 10.